The van der Waals surface area contributed by atoms with Gasteiger partial charge in [0, 0.05) is 45.1 Å². The fraction of sp³-hybridized carbons (Fsp3) is 0. The van der Waals surface area contributed by atoms with Gasteiger partial charge in [-0.05, 0) is 69.4 Å². The molecule has 0 bridgehead atoms. The summed E-state index contributed by atoms with van der Waals surface area (Å²) in [6.07, 6.45) is 3.75. The predicted octanol–water partition coefficient (Wildman–Crippen LogP) is 11.6. The van der Waals surface area contributed by atoms with Gasteiger partial charge in [0.2, 0.25) is 0 Å². The molecule has 4 nitrogen and oxygen atoms in total. The van der Waals surface area contributed by atoms with E-state index in [0.29, 0.717) is 0 Å². The topological polar surface area (TPSA) is 52.1 Å². The summed E-state index contributed by atoms with van der Waals surface area (Å²) in [5, 5.41) is 6.55. The summed E-state index contributed by atoms with van der Waals surface area (Å²) in [6.45, 7) is 0. The van der Waals surface area contributed by atoms with Gasteiger partial charge in [0.15, 0.2) is 11.2 Å². The van der Waals surface area contributed by atoms with Crippen molar-refractivity contribution in [1.29, 1.82) is 0 Å². The molecular weight excluding hydrogens is 564 g/mol. The number of benzene rings is 6. The van der Waals surface area contributed by atoms with E-state index in [9.17, 15) is 0 Å². The van der Waals surface area contributed by atoms with Crippen molar-refractivity contribution in [3.63, 3.8) is 0 Å². The molecule has 0 radical (unpaired) electrons. The Hall–Kier alpha value is -6.26. The van der Waals surface area contributed by atoms with Crippen molar-refractivity contribution in [3.05, 3.63) is 146 Å². The molecule has 0 aliphatic carbocycles. The van der Waals surface area contributed by atoms with E-state index in [4.69, 9.17) is 18.8 Å². The minimum atomic E-state index is 0.802. The molecule has 214 valence electrons. The average molecular weight is 589 g/mol. The molecule has 0 spiro atoms. The lowest BCUT2D eigenvalue weighted by atomic mass is 9.96. The number of aromatic nitrogens is 2. The Morgan fingerprint density at radius 3 is 1.30 bits per heavy atom. The molecule has 0 saturated carbocycles. The first kappa shape index (κ1) is 25.1. The van der Waals surface area contributed by atoms with Crippen LogP contribution in [0.4, 0.5) is 0 Å². The highest BCUT2D eigenvalue weighted by molar-refractivity contribution is 6.17. The molecule has 4 heterocycles. The van der Waals surface area contributed by atoms with Crippen molar-refractivity contribution >= 4 is 65.7 Å². The summed E-state index contributed by atoms with van der Waals surface area (Å²) in [5.74, 6) is 0. The Morgan fingerprint density at radius 2 is 0.804 bits per heavy atom. The normalized spacial score (nSPS) is 11.9. The van der Waals surface area contributed by atoms with E-state index in [2.05, 4.69) is 109 Å². The van der Waals surface area contributed by atoms with E-state index in [1.54, 1.807) is 0 Å². The lowest BCUT2D eigenvalue weighted by molar-refractivity contribution is 0.672. The van der Waals surface area contributed by atoms with Gasteiger partial charge in [0.1, 0.15) is 22.2 Å². The average Bonchev–Trinajstić information content (AvgIpc) is 3.71. The highest BCUT2D eigenvalue weighted by Gasteiger charge is 2.18. The van der Waals surface area contributed by atoms with Gasteiger partial charge in [-0.2, -0.15) is 0 Å². The zero-order valence-electron chi connectivity index (χ0n) is 24.6. The van der Waals surface area contributed by atoms with E-state index in [0.717, 1.165) is 99.1 Å². The number of pyridine rings is 2. The SMILES string of the molecule is c1cc(-c2cccc(-c3ccnc4c3oc3c5ccccc5ccc43)c2)cc(-c2ccnc3c2oc2c4ccccc4ccc32)c1. The molecule has 0 amide bonds. The van der Waals surface area contributed by atoms with Gasteiger partial charge in [0.05, 0.1) is 0 Å². The molecular formula is C42H24N2O2. The molecule has 0 saturated heterocycles. The van der Waals surface area contributed by atoms with E-state index < -0.39 is 0 Å². The van der Waals surface area contributed by atoms with Crippen LogP contribution in [0.15, 0.2) is 155 Å². The number of nitrogens with zero attached hydrogens (tertiary/aromatic N) is 2. The van der Waals surface area contributed by atoms with Gasteiger partial charge < -0.3 is 8.83 Å². The van der Waals surface area contributed by atoms with Crippen LogP contribution < -0.4 is 0 Å². The van der Waals surface area contributed by atoms with E-state index in [1.807, 2.05) is 36.7 Å². The third-order valence-electron chi connectivity index (χ3n) is 9.17. The molecule has 10 rings (SSSR count). The maximum Gasteiger partial charge on any atom is 0.161 e. The zero-order valence-corrected chi connectivity index (χ0v) is 24.6. The summed E-state index contributed by atoms with van der Waals surface area (Å²) < 4.78 is 13.2. The smallest absolute Gasteiger partial charge is 0.161 e. The quantitative estimate of drug-likeness (QED) is 0.206. The van der Waals surface area contributed by atoms with Crippen LogP contribution in [0.25, 0.3) is 99.1 Å². The first-order chi connectivity index (χ1) is 22.8. The molecule has 0 aliphatic heterocycles. The van der Waals surface area contributed by atoms with Crippen molar-refractivity contribution in [2.75, 3.05) is 0 Å². The predicted molar refractivity (Wildman–Crippen MR) is 188 cm³/mol. The number of furan rings is 2. The second-order valence-corrected chi connectivity index (χ2v) is 11.8. The Labute approximate surface area is 263 Å². The second kappa shape index (κ2) is 9.62. The van der Waals surface area contributed by atoms with E-state index >= 15 is 0 Å². The van der Waals surface area contributed by atoms with Crippen LogP contribution in [0, 0.1) is 0 Å². The van der Waals surface area contributed by atoms with Crippen molar-refractivity contribution in [2.24, 2.45) is 0 Å². The van der Waals surface area contributed by atoms with Crippen LogP contribution in [0.1, 0.15) is 0 Å². The van der Waals surface area contributed by atoms with E-state index in [-0.39, 0.29) is 0 Å². The summed E-state index contributed by atoms with van der Waals surface area (Å²) >= 11 is 0. The van der Waals surface area contributed by atoms with Gasteiger partial charge in [-0.1, -0.05) is 97.1 Å². The summed E-state index contributed by atoms with van der Waals surface area (Å²) in [4.78, 5) is 9.48. The molecule has 0 atom stereocenters. The Morgan fingerprint density at radius 1 is 0.348 bits per heavy atom. The van der Waals surface area contributed by atoms with Gasteiger partial charge in [0.25, 0.3) is 0 Å². The van der Waals surface area contributed by atoms with Crippen molar-refractivity contribution in [2.45, 2.75) is 0 Å². The molecule has 46 heavy (non-hydrogen) atoms. The lowest BCUT2D eigenvalue weighted by Gasteiger charge is -2.09. The molecule has 0 fully saturated rings. The molecule has 6 aromatic carbocycles. The van der Waals surface area contributed by atoms with Crippen LogP contribution in [-0.2, 0) is 0 Å². The van der Waals surface area contributed by atoms with Crippen LogP contribution in [0.5, 0.6) is 0 Å². The first-order valence-electron chi connectivity index (χ1n) is 15.4. The number of rotatable bonds is 3. The van der Waals surface area contributed by atoms with E-state index in [1.165, 1.54) is 0 Å². The number of fused-ring (bicyclic) bond motifs is 10. The van der Waals surface area contributed by atoms with Crippen molar-refractivity contribution in [3.8, 4) is 33.4 Å². The third-order valence-corrected chi connectivity index (χ3v) is 9.17. The Kier molecular flexibility index (Phi) is 5.25. The standard InChI is InChI=1S/C42H24N2O2/c1-3-13-31-25(7-1)15-17-35-37-41(45-39(31)35)33(19-21-43-37)29-11-5-9-27(23-29)28-10-6-12-30(24-28)34-20-22-44-38-36-18-16-26-8-2-4-14-32(26)40(36)46-42(34)38/h1-24H. The molecule has 4 aromatic heterocycles. The highest BCUT2D eigenvalue weighted by Crippen LogP contribution is 2.40. The fourth-order valence-corrected chi connectivity index (χ4v) is 6.96. The Balaban J connectivity index is 1.10. The molecule has 0 N–H and O–H groups in total. The largest absolute Gasteiger partial charge is 0.453 e. The Bertz CT molecular complexity index is 2630. The number of hydrogen-bond acceptors (Lipinski definition) is 4. The summed E-state index contributed by atoms with van der Waals surface area (Å²) in [7, 11) is 0. The maximum absolute atomic E-state index is 6.59. The van der Waals surface area contributed by atoms with Crippen LogP contribution in [0.3, 0.4) is 0 Å². The minimum absolute atomic E-state index is 0.802. The second-order valence-electron chi connectivity index (χ2n) is 11.8. The molecule has 0 unspecified atom stereocenters. The molecule has 10 aromatic rings. The lowest BCUT2D eigenvalue weighted by Crippen LogP contribution is -1.86. The maximum atomic E-state index is 6.59. The summed E-state index contributed by atoms with van der Waals surface area (Å²) in [6, 6.07) is 46.5. The van der Waals surface area contributed by atoms with Gasteiger partial charge in [-0.15, -0.1) is 0 Å². The summed E-state index contributed by atoms with van der Waals surface area (Å²) in [5.41, 5.74) is 11.5. The van der Waals surface area contributed by atoms with Gasteiger partial charge in [-0.25, -0.2) is 0 Å². The van der Waals surface area contributed by atoms with Crippen molar-refractivity contribution < 1.29 is 8.83 Å². The first-order valence-corrected chi connectivity index (χ1v) is 15.4. The molecule has 4 heteroatoms. The monoisotopic (exact) mass is 588 g/mol. The van der Waals surface area contributed by atoms with Crippen LogP contribution >= 0.6 is 0 Å². The third kappa shape index (κ3) is 3.67. The highest BCUT2D eigenvalue weighted by atomic mass is 16.3. The zero-order chi connectivity index (χ0) is 30.2. The van der Waals surface area contributed by atoms with Gasteiger partial charge in [-0.3, -0.25) is 9.97 Å². The molecule has 0 aliphatic rings. The van der Waals surface area contributed by atoms with Gasteiger partial charge >= 0.3 is 0 Å². The van der Waals surface area contributed by atoms with Crippen LogP contribution in [0.2, 0.25) is 0 Å². The minimum Gasteiger partial charge on any atom is -0.453 e. The van der Waals surface area contributed by atoms with Crippen molar-refractivity contribution in [1.82, 2.24) is 9.97 Å². The fourth-order valence-electron chi connectivity index (χ4n) is 6.96. The number of hydrogen-bond donors (Lipinski definition) is 0. The van der Waals surface area contributed by atoms with Crippen LogP contribution in [-0.4, -0.2) is 9.97 Å².